The molecule has 0 heterocycles. The van der Waals surface area contributed by atoms with Crippen molar-refractivity contribution in [1.82, 2.24) is 0 Å². The summed E-state index contributed by atoms with van der Waals surface area (Å²) in [6.45, 7) is 2.11. The Balaban J connectivity index is 2.72. The molecule has 0 aliphatic rings. The zero-order valence-electron chi connectivity index (χ0n) is 11.4. The highest BCUT2D eigenvalue weighted by molar-refractivity contribution is 7.80. The van der Waals surface area contributed by atoms with Gasteiger partial charge in [-0.15, -0.1) is 0 Å². The summed E-state index contributed by atoms with van der Waals surface area (Å²) < 4.78 is 5.23. The topological polar surface area (TPSA) is 64.4 Å². The van der Waals surface area contributed by atoms with Crippen LogP contribution in [0, 0.1) is 0 Å². The first-order valence-electron chi connectivity index (χ1n) is 6.36. The van der Waals surface area contributed by atoms with Crippen LogP contribution in [0.4, 0.5) is 5.69 Å². The lowest BCUT2D eigenvalue weighted by Gasteiger charge is -2.11. The van der Waals surface area contributed by atoms with Crippen LogP contribution in [0.1, 0.15) is 38.2 Å². The third-order valence-electron chi connectivity index (χ3n) is 2.77. The molecular weight excluding hydrogens is 260 g/mol. The molecule has 0 atom stereocenters. The van der Waals surface area contributed by atoms with E-state index < -0.39 is 0 Å². The Morgan fingerprint density at radius 1 is 1.42 bits per heavy atom. The van der Waals surface area contributed by atoms with Crippen LogP contribution in [-0.2, 0) is 4.79 Å². The summed E-state index contributed by atoms with van der Waals surface area (Å²) in [5.41, 5.74) is 6.92. The minimum absolute atomic E-state index is 0.00479. The largest absolute Gasteiger partial charge is 0.495 e. The second kappa shape index (κ2) is 7.74. The van der Waals surface area contributed by atoms with E-state index in [9.17, 15) is 4.79 Å². The fraction of sp³-hybridized carbons (Fsp3) is 0.429. The average molecular weight is 280 g/mol. The molecule has 0 unspecified atom stereocenters. The summed E-state index contributed by atoms with van der Waals surface area (Å²) in [6.07, 6.45) is 3.58. The smallest absolute Gasteiger partial charge is 0.224 e. The number of thiocarbonyl (C=S) groups is 1. The van der Waals surface area contributed by atoms with E-state index in [2.05, 4.69) is 12.2 Å². The van der Waals surface area contributed by atoms with Crippen molar-refractivity contribution in [3.8, 4) is 5.75 Å². The number of carbonyl (C=O) groups excluding carboxylic acids is 1. The van der Waals surface area contributed by atoms with Gasteiger partial charge < -0.3 is 15.8 Å². The molecule has 0 radical (unpaired) electrons. The van der Waals surface area contributed by atoms with E-state index in [-0.39, 0.29) is 5.91 Å². The molecule has 3 N–H and O–H groups in total. The van der Waals surface area contributed by atoms with Crippen LogP contribution in [0.5, 0.6) is 5.75 Å². The first-order chi connectivity index (χ1) is 9.08. The van der Waals surface area contributed by atoms with Crippen LogP contribution >= 0.6 is 12.2 Å². The highest BCUT2D eigenvalue weighted by atomic mass is 32.1. The van der Waals surface area contributed by atoms with E-state index in [0.717, 1.165) is 24.8 Å². The molecule has 0 aliphatic carbocycles. The fourth-order valence-corrected chi connectivity index (χ4v) is 1.82. The third-order valence-corrected chi connectivity index (χ3v) is 3.00. The number of carbonyl (C=O) groups is 1. The van der Waals surface area contributed by atoms with Gasteiger partial charge in [-0.25, -0.2) is 0 Å². The van der Waals surface area contributed by atoms with Gasteiger partial charge in [0.25, 0.3) is 0 Å². The Kier molecular flexibility index (Phi) is 6.29. The number of benzene rings is 1. The number of ether oxygens (including phenoxy) is 1. The number of nitrogens with one attached hydrogen (secondary N) is 1. The zero-order valence-corrected chi connectivity index (χ0v) is 12.2. The molecule has 0 saturated carbocycles. The Morgan fingerprint density at radius 3 is 2.74 bits per heavy atom. The predicted molar refractivity (Wildman–Crippen MR) is 81.7 cm³/mol. The van der Waals surface area contributed by atoms with E-state index in [1.165, 1.54) is 0 Å². The maximum Gasteiger partial charge on any atom is 0.224 e. The molecular formula is C14H20N2O2S. The molecule has 0 saturated heterocycles. The fourth-order valence-electron chi connectivity index (χ4n) is 1.70. The van der Waals surface area contributed by atoms with Crippen LogP contribution in [0.3, 0.4) is 0 Å². The number of amides is 1. The van der Waals surface area contributed by atoms with Crippen molar-refractivity contribution in [3.05, 3.63) is 23.8 Å². The number of unbranched alkanes of at least 4 members (excludes halogenated alkanes) is 2. The van der Waals surface area contributed by atoms with Crippen molar-refractivity contribution in [2.45, 2.75) is 32.6 Å². The van der Waals surface area contributed by atoms with Gasteiger partial charge >= 0.3 is 0 Å². The van der Waals surface area contributed by atoms with Gasteiger partial charge in [0.15, 0.2) is 0 Å². The van der Waals surface area contributed by atoms with Gasteiger partial charge in [0.2, 0.25) is 5.91 Å². The highest BCUT2D eigenvalue weighted by Gasteiger charge is 2.09. The molecule has 104 valence electrons. The van der Waals surface area contributed by atoms with Crippen molar-refractivity contribution in [1.29, 1.82) is 0 Å². The zero-order chi connectivity index (χ0) is 14.3. The van der Waals surface area contributed by atoms with Crippen molar-refractivity contribution >= 4 is 28.8 Å². The van der Waals surface area contributed by atoms with E-state index in [0.29, 0.717) is 22.8 Å². The summed E-state index contributed by atoms with van der Waals surface area (Å²) in [4.78, 5) is 12.1. The SMILES string of the molecule is CCCCCC(=O)Nc1ccc(C(N)=S)cc1OC. The van der Waals surface area contributed by atoms with Crippen LogP contribution in [-0.4, -0.2) is 18.0 Å². The molecule has 0 bridgehead atoms. The van der Waals surface area contributed by atoms with Crippen LogP contribution < -0.4 is 15.8 Å². The quantitative estimate of drug-likeness (QED) is 0.595. The minimum atomic E-state index is -0.00479. The van der Waals surface area contributed by atoms with Crippen LogP contribution in [0.25, 0.3) is 0 Å². The van der Waals surface area contributed by atoms with E-state index in [1.54, 1.807) is 25.3 Å². The van der Waals surface area contributed by atoms with Gasteiger partial charge in [0, 0.05) is 12.0 Å². The van der Waals surface area contributed by atoms with Crippen molar-refractivity contribution in [3.63, 3.8) is 0 Å². The number of hydrogen-bond donors (Lipinski definition) is 2. The first kappa shape index (κ1) is 15.4. The van der Waals surface area contributed by atoms with Gasteiger partial charge in [0.05, 0.1) is 12.8 Å². The Bertz CT molecular complexity index is 461. The molecule has 1 aromatic carbocycles. The maximum absolute atomic E-state index is 11.8. The van der Waals surface area contributed by atoms with Crippen LogP contribution in [0.2, 0.25) is 0 Å². The monoisotopic (exact) mass is 280 g/mol. The molecule has 0 fully saturated rings. The number of nitrogens with two attached hydrogens (primary N) is 1. The summed E-state index contributed by atoms with van der Waals surface area (Å²) in [7, 11) is 1.55. The third kappa shape index (κ3) is 4.87. The van der Waals surface area contributed by atoms with Gasteiger partial charge in [0.1, 0.15) is 10.7 Å². The summed E-state index contributed by atoms with van der Waals surface area (Å²) >= 11 is 4.91. The highest BCUT2D eigenvalue weighted by Crippen LogP contribution is 2.25. The molecule has 1 rings (SSSR count). The summed E-state index contributed by atoms with van der Waals surface area (Å²) in [5.74, 6) is 0.559. The van der Waals surface area contributed by atoms with Gasteiger partial charge in [-0.1, -0.05) is 32.0 Å². The molecule has 5 heteroatoms. The molecule has 0 aromatic heterocycles. The van der Waals surface area contributed by atoms with Crippen molar-refractivity contribution in [2.24, 2.45) is 5.73 Å². The standard InChI is InChI=1S/C14H20N2O2S/c1-3-4-5-6-13(17)16-11-8-7-10(14(15)19)9-12(11)18-2/h7-9H,3-6H2,1-2H3,(H2,15,19)(H,16,17). The number of rotatable bonds is 7. The number of methoxy groups -OCH3 is 1. The first-order valence-corrected chi connectivity index (χ1v) is 6.77. The maximum atomic E-state index is 11.8. The Labute approximate surface area is 119 Å². The second-order valence-corrected chi connectivity index (χ2v) is 4.72. The average Bonchev–Trinajstić information content (AvgIpc) is 2.39. The van der Waals surface area contributed by atoms with Gasteiger partial charge in [-0.2, -0.15) is 0 Å². The summed E-state index contributed by atoms with van der Waals surface area (Å²) in [6, 6.07) is 5.25. The normalized spacial score (nSPS) is 10.0. The molecule has 0 aliphatic heterocycles. The predicted octanol–water partition coefficient (Wildman–Crippen LogP) is 2.85. The van der Waals surface area contributed by atoms with E-state index in [4.69, 9.17) is 22.7 Å². The minimum Gasteiger partial charge on any atom is -0.495 e. The summed E-state index contributed by atoms with van der Waals surface area (Å²) in [5, 5.41) is 2.84. The molecule has 19 heavy (non-hydrogen) atoms. The molecule has 0 spiro atoms. The number of anilines is 1. The van der Waals surface area contributed by atoms with Gasteiger partial charge in [-0.05, 0) is 24.6 Å². The van der Waals surface area contributed by atoms with Crippen molar-refractivity contribution in [2.75, 3.05) is 12.4 Å². The second-order valence-electron chi connectivity index (χ2n) is 4.28. The lowest BCUT2D eigenvalue weighted by Crippen LogP contribution is -2.13. The lowest BCUT2D eigenvalue weighted by molar-refractivity contribution is -0.116. The lowest BCUT2D eigenvalue weighted by atomic mass is 10.1. The Hall–Kier alpha value is -1.62. The van der Waals surface area contributed by atoms with E-state index in [1.807, 2.05) is 0 Å². The molecule has 4 nitrogen and oxygen atoms in total. The molecule has 1 amide bonds. The van der Waals surface area contributed by atoms with Crippen molar-refractivity contribution < 1.29 is 9.53 Å². The molecule has 1 aromatic rings. The van der Waals surface area contributed by atoms with E-state index >= 15 is 0 Å². The van der Waals surface area contributed by atoms with Crippen LogP contribution in [0.15, 0.2) is 18.2 Å². The Morgan fingerprint density at radius 2 is 2.16 bits per heavy atom. The van der Waals surface area contributed by atoms with Gasteiger partial charge in [-0.3, -0.25) is 4.79 Å². The number of hydrogen-bond acceptors (Lipinski definition) is 3.